The number of aliphatic hydroxyl groups excluding tert-OH is 1. The van der Waals surface area contributed by atoms with Crippen LogP contribution in [0.5, 0.6) is 5.75 Å². The Morgan fingerprint density at radius 3 is 2.47 bits per heavy atom. The monoisotopic (exact) mass is 269 g/mol. The number of alkyl halides is 3. The summed E-state index contributed by atoms with van der Waals surface area (Å²) in [6, 6.07) is 1.51. The zero-order chi connectivity index (χ0) is 13.2. The molecule has 0 saturated carbocycles. The molecular weight excluding hydrogens is 259 g/mol. The summed E-state index contributed by atoms with van der Waals surface area (Å²) in [6.07, 6.45) is -5.69. The van der Waals surface area contributed by atoms with E-state index in [1.165, 1.54) is 7.11 Å². The first-order valence-electron chi connectivity index (χ1n) is 4.64. The lowest BCUT2D eigenvalue weighted by atomic mass is 10.0. The average molecular weight is 270 g/mol. The summed E-state index contributed by atoms with van der Waals surface area (Å²) < 4.78 is 42.3. The normalized spacial score (nSPS) is 13.6. The lowest BCUT2D eigenvalue weighted by Crippen LogP contribution is -2.14. The van der Waals surface area contributed by atoms with Gasteiger partial charge in [-0.25, -0.2) is 0 Å². The predicted octanol–water partition coefficient (Wildman–Crippen LogP) is 2.36. The highest BCUT2D eigenvalue weighted by Gasteiger charge is 2.33. The molecule has 3 nitrogen and oxygen atoms in total. The topological polar surface area (TPSA) is 55.5 Å². The fraction of sp³-hybridized carbons (Fsp3) is 0.400. The number of benzene rings is 1. The molecule has 0 amide bonds. The molecule has 1 rings (SSSR count). The van der Waals surface area contributed by atoms with Gasteiger partial charge in [-0.1, -0.05) is 11.6 Å². The van der Waals surface area contributed by atoms with Gasteiger partial charge >= 0.3 is 6.18 Å². The highest BCUT2D eigenvalue weighted by Crippen LogP contribution is 2.39. The van der Waals surface area contributed by atoms with Crippen molar-refractivity contribution in [3.63, 3.8) is 0 Å². The van der Waals surface area contributed by atoms with E-state index >= 15 is 0 Å². The Bertz CT molecular complexity index is 409. The van der Waals surface area contributed by atoms with Crippen LogP contribution >= 0.6 is 11.6 Å². The smallest absolute Gasteiger partial charge is 0.416 e. The third-order valence-electron chi connectivity index (χ3n) is 2.20. The molecule has 0 fully saturated rings. The van der Waals surface area contributed by atoms with Gasteiger partial charge in [0, 0.05) is 12.1 Å². The molecule has 1 aromatic carbocycles. The predicted molar refractivity (Wildman–Crippen MR) is 57.0 cm³/mol. The van der Waals surface area contributed by atoms with Crippen LogP contribution < -0.4 is 10.5 Å². The molecule has 0 aromatic heterocycles. The number of methoxy groups -OCH3 is 1. The maximum Gasteiger partial charge on any atom is 0.416 e. The van der Waals surface area contributed by atoms with Gasteiger partial charge in [-0.2, -0.15) is 13.2 Å². The van der Waals surface area contributed by atoms with Crippen molar-refractivity contribution in [1.82, 2.24) is 0 Å². The van der Waals surface area contributed by atoms with Gasteiger partial charge in [0.05, 0.1) is 23.8 Å². The van der Waals surface area contributed by atoms with E-state index in [0.29, 0.717) is 0 Å². The Morgan fingerprint density at radius 2 is 2.06 bits per heavy atom. The Kier molecular flexibility index (Phi) is 4.24. The minimum Gasteiger partial charge on any atom is -0.496 e. The van der Waals surface area contributed by atoms with E-state index < -0.39 is 17.8 Å². The molecule has 7 heteroatoms. The molecule has 0 aliphatic heterocycles. The SMILES string of the molecule is COc1cc(C(F)(F)F)cc(Cl)c1C(O)CN. The second-order valence-corrected chi connectivity index (χ2v) is 3.73. The van der Waals surface area contributed by atoms with Crippen molar-refractivity contribution < 1.29 is 23.0 Å². The lowest BCUT2D eigenvalue weighted by Gasteiger charge is -2.17. The fourth-order valence-corrected chi connectivity index (χ4v) is 1.70. The maximum atomic E-state index is 12.5. The zero-order valence-electron chi connectivity index (χ0n) is 8.88. The second-order valence-electron chi connectivity index (χ2n) is 3.32. The van der Waals surface area contributed by atoms with Gasteiger partial charge in [-0.05, 0) is 12.1 Å². The maximum absolute atomic E-state index is 12.5. The summed E-state index contributed by atoms with van der Waals surface area (Å²) in [6.45, 7) is -0.165. The van der Waals surface area contributed by atoms with Crippen LogP contribution in [0.4, 0.5) is 13.2 Å². The molecule has 3 N–H and O–H groups in total. The number of hydrogen-bond acceptors (Lipinski definition) is 3. The van der Waals surface area contributed by atoms with Crippen LogP contribution in [0.2, 0.25) is 5.02 Å². The Balaban J connectivity index is 3.36. The summed E-state index contributed by atoms with van der Waals surface area (Å²) >= 11 is 5.70. The molecule has 96 valence electrons. The van der Waals surface area contributed by atoms with E-state index in [9.17, 15) is 18.3 Å². The Labute approximate surface area is 101 Å². The molecule has 0 saturated heterocycles. The van der Waals surface area contributed by atoms with Gasteiger partial charge in [0.25, 0.3) is 0 Å². The van der Waals surface area contributed by atoms with Crippen molar-refractivity contribution in [1.29, 1.82) is 0 Å². The molecule has 0 bridgehead atoms. The van der Waals surface area contributed by atoms with Gasteiger partial charge in [0.1, 0.15) is 5.75 Å². The summed E-state index contributed by atoms with van der Waals surface area (Å²) in [5.41, 5.74) is 4.36. The van der Waals surface area contributed by atoms with E-state index in [4.69, 9.17) is 22.1 Å². The van der Waals surface area contributed by atoms with Crippen LogP contribution in [-0.2, 0) is 6.18 Å². The molecule has 0 radical (unpaired) electrons. The average Bonchev–Trinajstić information content (AvgIpc) is 2.25. The number of halogens is 4. The fourth-order valence-electron chi connectivity index (χ4n) is 1.37. The first-order chi connectivity index (χ1) is 7.81. The first-order valence-corrected chi connectivity index (χ1v) is 5.01. The van der Waals surface area contributed by atoms with Crippen LogP contribution in [0.25, 0.3) is 0 Å². The van der Waals surface area contributed by atoms with Gasteiger partial charge in [-0.15, -0.1) is 0 Å². The molecule has 0 aliphatic rings. The third kappa shape index (κ3) is 3.02. The molecule has 1 unspecified atom stereocenters. The number of ether oxygens (including phenoxy) is 1. The van der Waals surface area contributed by atoms with Crippen LogP contribution in [0.1, 0.15) is 17.2 Å². The minimum absolute atomic E-state index is 0.0599. The van der Waals surface area contributed by atoms with Gasteiger partial charge in [0.15, 0.2) is 0 Å². The van der Waals surface area contributed by atoms with Crippen molar-refractivity contribution >= 4 is 11.6 Å². The third-order valence-corrected chi connectivity index (χ3v) is 2.51. The van der Waals surface area contributed by atoms with E-state index in [-0.39, 0.29) is 22.9 Å². The van der Waals surface area contributed by atoms with Crippen molar-refractivity contribution in [2.75, 3.05) is 13.7 Å². The summed E-state index contributed by atoms with van der Waals surface area (Å²) in [7, 11) is 1.19. The highest BCUT2D eigenvalue weighted by molar-refractivity contribution is 6.31. The molecule has 1 aromatic rings. The largest absolute Gasteiger partial charge is 0.496 e. The van der Waals surface area contributed by atoms with Gasteiger partial charge in [-0.3, -0.25) is 0 Å². The number of aliphatic hydroxyl groups is 1. The molecule has 0 spiro atoms. The van der Waals surface area contributed by atoms with Crippen molar-refractivity contribution in [3.8, 4) is 5.75 Å². The standard InChI is InChI=1S/C10H11ClF3NO2/c1-17-8-3-5(10(12,13)14)2-6(11)9(8)7(16)4-15/h2-3,7,16H,4,15H2,1H3. The van der Waals surface area contributed by atoms with Crippen LogP contribution in [0, 0.1) is 0 Å². The van der Waals surface area contributed by atoms with Crippen molar-refractivity contribution in [2.24, 2.45) is 5.73 Å². The van der Waals surface area contributed by atoms with Gasteiger partial charge in [0.2, 0.25) is 0 Å². The van der Waals surface area contributed by atoms with Crippen molar-refractivity contribution in [3.05, 3.63) is 28.3 Å². The van der Waals surface area contributed by atoms with Crippen molar-refractivity contribution in [2.45, 2.75) is 12.3 Å². The van der Waals surface area contributed by atoms with Crippen LogP contribution in [0.15, 0.2) is 12.1 Å². The zero-order valence-corrected chi connectivity index (χ0v) is 9.64. The van der Waals surface area contributed by atoms with Crippen LogP contribution in [-0.4, -0.2) is 18.8 Å². The minimum atomic E-state index is -4.52. The van der Waals surface area contributed by atoms with Crippen LogP contribution in [0.3, 0.4) is 0 Å². The Morgan fingerprint density at radius 1 is 1.47 bits per heavy atom. The summed E-state index contributed by atoms with van der Waals surface area (Å²) in [5, 5.41) is 9.32. The van der Waals surface area contributed by atoms with E-state index in [1.54, 1.807) is 0 Å². The molecule has 0 heterocycles. The number of rotatable bonds is 3. The molecular formula is C10H11ClF3NO2. The van der Waals surface area contributed by atoms with E-state index in [0.717, 1.165) is 12.1 Å². The Hall–Kier alpha value is -0.980. The first kappa shape index (κ1) is 14.1. The summed E-state index contributed by atoms with van der Waals surface area (Å²) in [5.74, 6) is -0.136. The molecule has 1 atom stereocenters. The second kappa shape index (κ2) is 5.12. The molecule has 0 aliphatic carbocycles. The van der Waals surface area contributed by atoms with Gasteiger partial charge < -0.3 is 15.6 Å². The number of hydrogen-bond donors (Lipinski definition) is 2. The quantitative estimate of drug-likeness (QED) is 0.886. The van der Waals surface area contributed by atoms with E-state index in [2.05, 4.69) is 0 Å². The highest BCUT2D eigenvalue weighted by atomic mass is 35.5. The number of nitrogens with two attached hydrogens (primary N) is 1. The molecule has 17 heavy (non-hydrogen) atoms. The lowest BCUT2D eigenvalue weighted by molar-refractivity contribution is -0.137. The summed E-state index contributed by atoms with van der Waals surface area (Å²) in [4.78, 5) is 0. The van der Waals surface area contributed by atoms with E-state index in [1.807, 2.05) is 0 Å².